The monoisotopic (exact) mass is 545 g/mol. The van der Waals surface area contributed by atoms with E-state index in [0.29, 0.717) is 48.8 Å². The number of unbranched alkanes of at least 4 members (excludes halogenated alkanes) is 1. The van der Waals surface area contributed by atoms with Crippen LogP contribution < -0.4 is 16.0 Å². The average molecular weight is 546 g/mol. The Morgan fingerprint density at radius 3 is 2.65 bits per heavy atom. The number of rotatable bonds is 16. The number of carbonyl (C=O) groups is 2. The number of anilines is 3. The molecule has 1 amide bonds. The molecule has 1 aromatic heterocycles. The lowest BCUT2D eigenvalue weighted by Crippen LogP contribution is -2.35. The first-order valence-corrected chi connectivity index (χ1v) is 13.3. The molecule has 0 aliphatic heterocycles. The van der Waals surface area contributed by atoms with Gasteiger partial charge in [-0.2, -0.15) is 10.2 Å². The number of amides is 1. The standard InChI is InChI=1S/C30H39N7O3/c1-5-16-32-28-24(21-34-30(36-28)35-26-14-12-23(20-31)13-15-26)10-7-6-8-17-33-29(39)25(22-40-4)19-27(38)11-9-18-37(2)3/h9,11-15,21,25H,5-6,8,16-19,22H2,1-4H3,(H,33,39)(H2,32,34,35,36)/b11-9+/t25-/m0/s1. The zero-order valence-corrected chi connectivity index (χ0v) is 23.8. The van der Waals surface area contributed by atoms with E-state index in [2.05, 4.69) is 50.8 Å². The number of aromatic nitrogens is 2. The minimum atomic E-state index is -0.534. The number of methoxy groups -OCH3 is 1. The molecule has 0 radical (unpaired) electrons. The summed E-state index contributed by atoms with van der Waals surface area (Å²) in [5, 5.41) is 18.3. The van der Waals surface area contributed by atoms with E-state index < -0.39 is 5.92 Å². The van der Waals surface area contributed by atoms with Crippen LogP contribution in [0.5, 0.6) is 0 Å². The van der Waals surface area contributed by atoms with Gasteiger partial charge in [0.15, 0.2) is 5.78 Å². The van der Waals surface area contributed by atoms with Crippen molar-refractivity contribution in [3.8, 4) is 17.9 Å². The van der Waals surface area contributed by atoms with Crippen molar-refractivity contribution in [3.63, 3.8) is 0 Å². The smallest absolute Gasteiger partial charge is 0.229 e. The Morgan fingerprint density at radius 2 is 1.98 bits per heavy atom. The number of nitrogens with zero attached hydrogens (tertiary/aromatic N) is 4. The number of ketones is 1. The van der Waals surface area contributed by atoms with Gasteiger partial charge in [0.1, 0.15) is 5.82 Å². The predicted molar refractivity (Wildman–Crippen MR) is 157 cm³/mol. The second-order valence-electron chi connectivity index (χ2n) is 9.38. The number of nitriles is 1. The number of benzene rings is 1. The molecule has 0 bridgehead atoms. The molecule has 10 heteroatoms. The van der Waals surface area contributed by atoms with Crippen LogP contribution in [0.25, 0.3) is 0 Å². The first-order chi connectivity index (χ1) is 19.4. The van der Waals surface area contributed by atoms with Gasteiger partial charge in [0.05, 0.1) is 35.9 Å². The summed E-state index contributed by atoms with van der Waals surface area (Å²) in [6, 6.07) is 9.14. The van der Waals surface area contributed by atoms with Crippen LogP contribution in [-0.4, -0.2) is 74.0 Å². The SMILES string of the molecule is CCCNc1nc(Nc2ccc(C#N)cc2)ncc1C#CCCCNC(=O)[C@H](COC)CC(=O)/C=C/CN(C)C. The second kappa shape index (κ2) is 18.1. The molecule has 0 unspecified atom stereocenters. The van der Waals surface area contributed by atoms with Crippen molar-refractivity contribution in [1.82, 2.24) is 20.2 Å². The van der Waals surface area contributed by atoms with E-state index in [1.54, 1.807) is 36.5 Å². The van der Waals surface area contributed by atoms with Crippen LogP contribution >= 0.6 is 0 Å². The van der Waals surface area contributed by atoms with Gasteiger partial charge in [-0.1, -0.05) is 24.8 Å². The lowest BCUT2D eigenvalue weighted by molar-refractivity contribution is -0.129. The van der Waals surface area contributed by atoms with Gasteiger partial charge in [-0.05, 0) is 57.3 Å². The molecule has 40 heavy (non-hydrogen) atoms. The molecule has 0 saturated carbocycles. The zero-order chi connectivity index (χ0) is 29.2. The summed E-state index contributed by atoms with van der Waals surface area (Å²) in [6.07, 6.45) is 7.24. The second-order valence-corrected chi connectivity index (χ2v) is 9.38. The molecule has 0 fully saturated rings. The van der Waals surface area contributed by atoms with Crippen molar-refractivity contribution < 1.29 is 14.3 Å². The van der Waals surface area contributed by atoms with E-state index in [-0.39, 0.29) is 24.7 Å². The minimum absolute atomic E-state index is 0.0993. The number of hydrogen-bond acceptors (Lipinski definition) is 9. The normalized spacial score (nSPS) is 11.4. The summed E-state index contributed by atoms with van der Waals surface area (Å²) >= 11 is 0. The highest BCUT2D eigenvalue weighted by Crippen LogP contribution is 2.18. The molecule has 0 spiro atoms. The predicted octanol–water partition coefficient (Wildman–Crippen LogP) is 3.50. The Balaban J connectivity index is 1.90. The summed E-state index contributed by atoms with van der Waals surface area (Å²) in [5.74, 6) is 6.48. The van der Waals surface area contributed by atoms with E-state index in [4.69, 9.17) is 10.00 Å². The number of ether oxygens (including phenoxy) is 1. The minimum Gasteiger partial charge on any atom is -0.384 e. The molecule has 2 rings (SSSR count). The van der Waals surface area contributed by atoms with Crippen molar-refractivity contribution in [1.29, 1.82) is 5.26 Å². The molecule has 212 valence electrons. The molecule has 10 nitrogen and oxygen atoms in total. The van der Waals surface area contributed by atoms with Gasteiger partial charge >= 0.3 is 0 Å². The van der Waals surface area contributed by atoms with Crippen molar-refractivity contribution in [2.24, 2.45) is 5.92 Å². The third-order valence-corrected chi connectivity index (χ3v) is 5.56. The number of carbonyl (C=O) groups excluding carboxylic acids is 2. The third-order valence-electron chi connectivity index (χ3n) is 5.56. The molecular formula is C30H39N7O3. The highest BCUT2D eigenvalue weighted by molar-refractivity contribution is 5.93. The van der Waals surface area contributed by atoms with E-state index >= 15 is 0 Å². The summed E-state index contributed by atoms with van der Waals surface area (Å²) in [4.78, 5) is 35.7. The van der Waals surface area contributed by atoms with Crippen LogP contribution in [0.1, 0.15) is 43.7 Å². The topological polar surface area (TPSA) is 132 Å². The fraction of sp³-hybridized carbons (Fsp3) is 0.433. The van der Waals surface area contributed by atoms with Gasteiger partial charge < -0.3 is 25.6 Å². The van der Waals surface area contributed by atoms with Crippen LogP contribution in [0, 0.1) is 29.1 Å². The number of allylic oxidation sites excluding steroid dienone is 1. The van der Waals surface area contributed by atoms with Crippen LogP contribution in [-0.2, 0) is 14.3 Å². The molecule has 0 aliphatic carbocycles. The highest BCUT2D eigenvalue weighted by Gasteiger charge is 2.20. The van der Waals surface area contributed by atoms with Gasteiger partial charge in [0.2, 0.25) is 11.9 Å². The largest absolute Gasteiger partial charge is 0.384 e. The Labute approximate surface area is 237 Å². The van der Waals surface area contributed by atoms with Crippen LogP contribution in [0.4, 0.5) is 17.5 Å². The molecule has 0 saturated heterocycles. The van der Waals surface area contributed by atoms with E-state index in [1.807, 2.05) is 19.0 Å². The first kappa shape index (κ1) is 32.0. The zero-order valence-electron chi connectivity index (χ0n) is 23.8. The van der Waals surface area contributed by atoms with Crippen molar-refractivity contribution in [2.45, 2.75) is 32.6 Å². The fourth-order valence-corrected chi connectivity index (χ4v) is 3.49. The maximum atomic E-state index is 12.6. The Hall–Kier alpha value is -4.25. The lowest BCUT2D eigenvalue weighted by Gasteiger charge is -2.14. The molecule has 3 N–H and O–H groups in total. The van der Waals surface area contributed by atoms with Crippen molar-refractivity contribution in [3.05, 3.63) is 53.7 Å². The van der Waals surface area contributed by atoms with Gasteiger partial charge in [-0.25, -0.2) is 4.98 Å². The summed E-state index contributed by atoms with van der Waals surface area (Å²) < 4.78 is 5.15. The maximum absolute atomic E-state index is 12.6. The van der Waals surface area contributed by atoms with E-state index in [0.717, 1.165) is 18.7 Å². The highest BCUT2D eigenvalue weighted by atomic mass is 16.5. The quantitative estimate of drug-likeness (QED) is 0.165. The van der Waals surface area contributed by atoms with Crippen molar-refractivity contribution in [2.75, 3.05) is 58.1 Å². The van der Waals surface area contributed by atoms with E-state index in [1.165, 1.54) is 13.2 Å². The average Bonchev–Trinajstić information content (AvgIpc) is 2.94. The number of likely N-dealkylation sites (N-methyl/N-ethyl adjacent to an activating group) is 1. The van der Waals surface area contributed by atoms with Crippen LogP contribution in [0.2, 0.25) is 0 Å². The molecule has 0 aliphatic rings. The third kappa shape index (κ3) is 12.1. The fourth-order valence-electron chi connectivity index (χ4n) is 3.49. The molecule has 1 heterocycles. The summed E-state index contributed by atoms with van der Waals surface area (Å²) in [5.41, 5.74) is 2.04. The molecule has 2 aromatic rings. The first-order valence-electron chi connectivity index (χ1n) is 13.3. The van der Waals surface area contributed by atoms with Crippen LogP contribution in [0.15, 0.2) is 42.6 Å². The Bertz CT molecular complexity index is 1220. The van der Waals surface area contributed by atoms with Gasteiger partial charge in [-0.15, -0.1) is 0 Å². The summed E-state index contributed by atoms with van der Waals surface area (Å²) in [6.45, 7) is 4.10. The lowest BCUT2D eigenvalue weighted by atomic mass is 10.0. The van der Waals surface area contributed by atoms with Gasteiger partial charge in [-0.3, -0.25) is 9.59 Å². The number of nitrogens with one attached hydrogen (secondary N) is 3. The Kier molecular flexibility index (Phi) is 14.5. The van der Waals surface area contributed by atoms with Crippen molar-refractivity contribution >= 4 is 29.1 Å². The van der Waals surface area contributed by atoms with Crippen LogP contribution in [0.3, 0.4) is 0 Å². The van der Waals surface area contributed by atoms with Gasteiger partial charge in [0, 0.05) is 45.3 Å². The molecular weight excluding hydrogens is 506 g/mol. The summed E-state index contributed by atoms with van der Waals surface area (Å²) in [7, 11) is 5.36. The van der Waals surface area contributed by atoms with E-state index in [9.17, 15) is 9.59 Å². The molecule has 1 aromatic carbocycles. The number of hydrogen-bond donors (Lipinski definition) is 3. The Morgan fingerprint density at radius 1 is 1.20 bits per heavy atom. The molecule has 1 atom stereocenters. The maximum Gasteiger partial charge on any atom is 0.229 e. The van der Waals surface area contributed by atoms with Gasteiger partial charge in [0.25, 0.3) is 0 Å².